The summed E-state index contributed by atoms with van der Waals surface area (Å²) in [5.74, 6) is -0.664. The third kappa shape index (κ3) is 4.46. The largest absolute Gasteiger partial charge is 0.308 e. The van der Waals surface area contributed by atoms with Crippen molar-refractivity contribution in [2.45, 2.75) is 13.8 Å². The molecule has 0 atom stereocenters. The zero-order valence-corrected chi connectivity index (χ0v) is 27.7. The van der Waals surface area contributed by atoms with Crippen molar-refractivity contribution in [1.29, 1.82) is 0 Å². The number of imide groups is 1. The van der Waals surface area contributed by atoms with Crippen LogP contribution in [-0.2, 0) is 0 Å². The van der Waals surface area contributed by atoms with E-state index >= 15 is 4.79 Å². The van der Waals surface area contributed by atoms with Gasteiger partial charge in [0.15, 0.2) is 0 Å². The first kappa shape index (κ1) is 29.6. The molecule has 1 aliphatic rings. The summed E-state index contributed by atoms with van der Waals surface area (Å²) < 4.78 is 2.19. The van der Waals surface area contributed by atoms with Crippen LogP contribution in [0.1, 0.15) is 31.8 Å². The van der Waals surface area contributed by atoms with E-state index in [4.69, 9.17) is 0 Å². The molecule has 0 aliphatic carbocycles. The Hall–Kier alpha value is -6.52. The highest BCUT2D eigenvalue weighted by molar-refractivity contribution is 6.37. The summed E-state index contributed by atoms with van der Waals surface area (Å²) in [6.45, 7) is 4.20. The van der Waals surface area contributed by atoms with E-state index in [1.807, 2.05) is 91.0 Å². The number of aromatic nitrogens is 1. The Morgan fingerprint density at radius 2 is 0.900 bits per heavy atom. The summed E-state index contributed by atoms with van der Waals surface area (Å²) in [4.78, 5) is 31.4. The van der Waals surface area contributed by atoms with E-state index in [-0.39, 0.29) is 11.8 Å². The van der Waals surface area contributed by atoms with Gasteiger partial charge in [-0.1, -0.05) is 133 Å². The van der Waals surface area contributed by atoms with Gasteiger partial charge in [0, 0.05) is 21.9 Å². The smallest absolute Gasteiger partial charge is 0.268 e. The van der Waals surface area contributed by atoms with Gasteiger partial charge in [-0.15, -0.1) is 0 Å². The van der Waals surface area contributed by atoms with E-state index in [1.54, 1.807) is 6.07 Å². The minimum Gasteiger partial charge on any atom is -0.308 e. The van der Waals surface area contributed by atoms with E-state index in [0.717, 1.165) is 66.3 Å². The summed E-state index contributed by atoms with van der Waals surface area (Å²) in [5.41, 5.74) is 11.9. The Kier molecular flexibility index (Phi) is 6.85. The first-order chi connectivity index (χ1) is 24.5. The molecule has 0 radical (unpaired) electrons. The van der Waals surface area contributed by atoms with Crippen LogP contribution in [0, 0.1) is 13.8 Å². The average molecular weight is 645 g/mol. The van der Waals surface area contributed by atoms with Gasteiger partial charge in [0.2, 0.25) is 0 Å². The predicted molar refractivity (Wildman–Crippen MR) is 204 cm³/mol. The second-order valence-corrected chi connectivity index (χ2v) is 12.9. The molecule has 50 heavy (non-hydrogen) atoms. The fourth-order valence-corrected chi connectivity index (χ4v) is 7.70. The Labute approximate surface area is 290 Å². The minimum atomic E-state index is -0.334. The number of aryl methyl sites for hydroxylation is 2. The van der Waals surface area contributed by atoms with Crippen LogP contribution in [0.3, 0.4) is 0 Å². The monoisotopic (exact) mass is 644 g/mol. The van der Waals surface area contributed by atoms with Gasteiger partial charge in [0.05, 0.1) is 33.5 Å². The molecule has 4 heteroatoms. The lowest BCUT2D eigenvalue weighted by molar-refractivity contribution is 0.0926. The number of hydrogen-bond donors (Lipinski definition) is 0. The zero-order chi connectivity index (χ0) is 33.9. The maximum atomic E-state index is 15.2. The molecule has 238 valence electrons. The summed E-state index contributed by atoms with van der Waals surface area (Å²) in [7, 11) is 0. The summed E-state index contributed by atoms with van der Waals surface area (Å²) in [5, 5.41) is 2.23. The topological polar surface area (TPSA) is 42.3 Å². The van der Waals surface area contributed by atoms with Gasteiger partial charge < -0.3 is 4.57 Å². The molecule has 2 amide bonds. The number of amides is 2. The molecule has 0 fully saturated rings. The highest BCUT2D eigenvalue weighted by Gasteiger charge is 2.42. The van der Waals surface area contributed by atoms with Crippen LogP contribution in [0.5, 0.6) is 0 Å². The van der Waals surface area contributed by atoms with Crippen molar-refractivity contribution in [2.24, 2.45) is 0 Å². The number of anilines is 1. The standard InChI is InChI=1S/C46H32N2O2/c1-29-15-12-23-35-36-24-13-16-30(2)43(36)47(42(29)35)40-26-14-25-37-41(40)46(50)48(45(37)49)44-38(32-19-8-4-9-20-32)27-34(31-17-6-3-7-18-31)28-39(44)33-21-10-5-11-22-33/h3-28H,1-2H3. The third-order valence-electron chi connectivity index (χ3n) is 9.96. The average Bonchev–Trinajstić information content (AvgIpc) is 3.64. The SMILES string of the molecule is Cc1cccc2c3cccc(C)c3n(-c3cccc4c3C(=O)N(c3c(-c5ccccc5)cc(-c5ccccc5)cc3-c3ccccc3)C4=O)c12. The zero-order valence-electron chi connectivity index (χ0n) is 27.7. The normalized spacial score (nSPS) is 12.6. The van der Waals surface area contributed by atoms with Crippen molar-refractivity contribution >= 4 is 39.3 Å². The quantitative estimate of drug-likeness (QED) is 0.175. The van der Waals surface area contributed by atoms with Crippen molar-refractivity contribution in [3.63, 3.8) is 0 Å². The second kappa shape index (κ2) is 11.6. The summed E-state index contributed by atoms with van der Waals surface area (Å²) in [6.07, 6.45) is 0. The van der Waals surface area contributed by atoms with Gasteiger partial charge in [-0.25, -0.2) is 4.90 Å². The van der Waals surface area contributed by atoms with Gasteiger partial charge in [0.25, 0.3) is 11.8 Å². The van der Waals surface area contributed by atoms with Crippen LogP contribution in [0.4, 0.5) is 5.69 Å². The van der Waals surface area contributed by atoms with E-state index in [9.17, 15) is 4.79 Å². The summed E-state index contributed by atoms with van der Waals surface area (Å²) in [6, 6.07) is 52.8. The Balaban J connectivity index is 1.34. The maximum Gasteiger partial charge on any atom is 0.268 e. The number of hydrogen-bond acceptors (Lipinski definition) is 2. The van der Waals surface area contributed by atoms with E-state index in [2.05, 4.69) is 79.1 Å². The van der Waals surface area contributed by atoms with Crippen molar-refractivity contribution in [3.05, 3.63) is 180 Å². The highest BCUT2D eigenvalue weighted by atomic mass is 16.2. The number of rotatable bonds is 5. The van der Waals surface area contributed by atoms with E-state index in [1.165, 1.54) is 4.90 Å². The molecule has 0 saturated heterocycles. The molecule has 0 spiro atoms. The van der Waals surface area contributed by atoms with Crippen LogP contribution in [0.25, 0.3) is 60.9 Å². The minimum absolute atomic E-state index is 0.331. The number of para-hydroxylation sites is 2. The maximum absolute atomic E-state index is 15.2. The molecule has 8 aromatic rings. The Morgan fingerprint density at radius 1 is 0.420 bits per heavy atom. The fourth-order valence-electron chi connectivity index (χ4n) is 7.70. The number of carbonyl (C=O) groups excluding carboxylic acids is 2. The summed E-state index contributed by atoms with van der Waals surface area (Å²) >= 11 is 0. The number of benzene rings is 7. The molecular weight excluding hydrogens is 613 g/mol. The van der Waals surface area contributed by atoms with Crippen molar-refractivity contribution in [1.82, 2.24) is 4.57 Å². The molecule has 1 aromatic heterocycles. The van der Waals surface area contributed by atoms with Gasteiger partial charge in [0.1, 0.15) is 0 Å². The van der Waals surface area contributed by atoms with Crippen LogP contribution in [0.15, 0.2) is 158 Å². The number of nitrogens with zero attached hydrogens (tertiary/aromatic N) is 2. The van der Waals surface area contributed by atoms with Gasteiger partial charge in [-0.05, 0) is 71.5 Å². The third-order valence-corrected chi connectivity index (χ3v) is 9.96. The molecule has 0 unspecified atom stereocenters. The van der Waals surface area contributed by atoms with Crippen molar-refractivity contribution in [2.75, 3.05) is 4.90 Å². The molecule has 2 heterocycles. The first-order valence-electron chi connectivity index (χ1n) is 16.9. The Bertz CT molecular complexity index is 2520. The van der Waals surface area contributed by atoms with Crippen molar-refractivity contribution in [3.8, 4) is 39.1 Å². The molecule has 0 saturated carbocycles. The van der Waals surface area contributed by atoms with Crippen molar-refractivity contribution < 1.29 is 9.59 Å². The van der Waals surface area contributed by atoms with E-state index < -0.39 is 0 Å². The molecule has 1 aliphatic heterocycles. The van der Waals surface area contributed by atoms with Crippen LogP contribution < -0.4 is 4.90 Å². The molecule has 7 aromatic carbocycles. The number of fused-ring (bicyclic) bond motifs is 4. The highest BCUT2D eigenvalue weighted by Crippen LogP contribution is 2.47. The molecule has 4 nitrogen and oxygen atoms in total. The van der Waals surface area contributed by atoms with Crippen LogP contribution in [0.2, 0.25) is 0 Å². The molecule has 0 bridgehead atoms. The first-order valence-corrected chi connectivity index (χ1v) is 16.9. The van der Waals surface area contributed by atoms with Gasteiger partial charge >= 0.3 is 0 Å². The predicted octanol–water partition coefficient (Wildman–Crippen LogP) is 11.2. The fraction of sp³-hybridized carbons (Fsp3) is 0.0435. The molecular formula is C46H32N2O2. The lowest BCUT2D eigenvalue weighted by atomic mass is 9.90. The van der Waals surface area contributed by atoms with Gasteiger partial charge in [-0.3, -0.25) is 9.59 Å². The van der Waals surface area contributed by atoms with E-state index in [0.29, 0.717) is 22.5 Å². The molecule has 0 N–H and O–H groups in total. The lowest BCUT2D eigenvalue weighted by Gasteiger charge is -2.24. The second-order valence-electron chi connectivity index (χ2n) is 12.9. The Morgan fingerprint density at radius 3 is 1.42 bits per heavy atom. The van der Waals surface area contributed by atoms with Crippen LogP contribution in [-0.4, -0.2) is 16.4 Å². The number of carbonyl (C=O) groups is 2. The van der Waals surface area contributed by atoms with Gasteiger partial charge in [-0.2, -0.15) is 0 Å². The molecule has 9 rings (SSSR count). The van der Waals surface area contributed by atoms with Crippen LogP contribution >= 0.6 is 0 Å². The lowest BCUT2D eigenvalue weighted by Crippen LogP contribution is -2.30.